The number of carbonyl (C=O) groups is 1. The van der Waals surface area contributed by atoms with Gasteiger partial charge in [-0.2, -0.15) is 0 Å². The lowest BCUT2D eigenvalue weighted by atomic mass is 10.2. The first-order valence-corrected chi connectivity index (χ1v) is 13.1. The second kappa shape index (κ2) is 11.3. The number of nitrogens with one attached hydrogen (secondary N) is 1. The van der Waals surface area contributed by atoms with E-state index < -0.39 is 8.32 Å². The van der Waals surface area contributed by atoms with Gasteiger partial charge >= 0.3 is 5.97 Å². The van der Waals surface area contributed by atoms with E-state index in [2.05, 4.69) is 51.8 Å². The van der Waals surface area contributed by atoms with Crippen LogP contribution in [-0.4, -0.2) is 52.7 Å². The molecule has 0 saturated carbocycles. The first-order valence-electron chi connectivity index (χ1n) is 10.1. The summed E-state index contributed by atoms with van der Waals surface area (Å²) in [6, 6.07) is 0. The Morgan fingerprint density at radius 2 is 1.71 bits per heavy atom. The molecule has 162 valence electrons. The molecule has 0 aliphatic carbocycles. The third-order valence-electron chi connectivity index (χ3n) is 5.35. The summed E-state index contributed by atoms with van der Waals surface area (Å²) in [6.07, 6.45) is 0.435. The molecule has 8 heteroatoms. The van der Waals surface area contributed by atoms with Crippen molar-refractivity contribution in [3.63, 3.8) is 0 Å². The number of anilines is 1. The van der Waals surface area contributed by atoms with E-state index in [9.17, 15) is 4.79 Å². The highest BCUT2D eigenvalue weighted by Gasteiger charge is 2.45. The number of hydrogen-bond donors (Lipinski definition) is 1. The van der Waals surface area contributed by atoms with Crippen molar-refractivity contribution in [3.05, 3.63) is 10.6 Å². The zero-order valence-electron chi connectivity index (χ0n) is 18.9. The maximum atomic E-state index is 12.3. The molecule has 0 aliphatic rings. The molecule has 0 spiro atoms. The zero-order valence-corrected chi connectivity index (χ0v) is 20.7. The summed E-state index contributed by atoms with van der Waals surface area (Å²) in [4.78, 5) is 17.5. The van der Waals surface area contributed by atoms with Crippen molar-refractivity contribution >= 4 is 30.8 Å². The van der Waals surface area contributed by atoms with E-state index in [1.54, 1.807) is 21.1 Å². The predicted molar refractivity (Wildman–Crippen MR) is 119 cm³/mol. The number of carbonyl (C=O) groups excluding carboxylic acids is 1. The summed E-state index contributed by atoms with van der Waals surface area (Å²) in [6.45, 7) is 16.3. The highest BCUT2D eigenvalue weighted by molar-refractivity contribution is 7.15. The van der Waals surface area contributed by atoms with Crippen molar-refractivity contribution in [2.75, 3.05) is 32.7 Å². The lowest BCUT2D eigenvalue weighted by Crippen LogP contribution is -2.49. The van der Waals surface area contributed by atoms with Gasteiger partial charge in [0.2, 0.25) is 0 Å². The topological polar surface area (TPSA) is 69.7 Å². The van der Waals surface area contributed by atoms with Crippen molar-refractivity contribution in [2.45, 2.75) is 77.6 Å². The molecule has 0 aromatic carbocycles. The lowest BCUT2D eigenvalue weighted by Gasteiger charge is -2.42. The summed E-state index contributed by atoms with van der Waals surface area (Å²) in [5.74, 6) is -0.388. The normalized spacial score (nSPS) is 13.4. The quantitative estimate of drug-likeness (QED) is 0.367. The monoisotopic (exact) mass is 430 g/mol. The Morgan fingerprint density at radius 1 is 1.14 bits per heavy atom. The SMILES string of the molecule is CCOC(=O)c1nc(NC)sc1CC(CO[Si](C(C)C)(C(C)C)C(C)C)OC. The van der Waals surface area contributed by atoms with Crippen LogP contribution in [0.2, 0.25) is 16.6 Å². The molecule has 28 heavy (non-hydrogen) atoms. The maximum Gasteiger partial charge on any atom is 0.358 e. The van der Waals surface area contributed by atoms with Gasteiger partial charge in [0, 0.05) is 25.5 Å². The number of nitrogens with zero attached hydrogens (tertiary/aromatic N) is 1. The third-order valence-corrected chi connectivity index (χ3v) is 12.5. The van der Waals surface area contributed by atoms with Gasteiger partial charge < -0.3 is 19.2 Å². The van der Waals surface area contributed by atoms with Crippen LogP contribution in [0, 0.1) is 0 Å². The summed E-state index contributed by atoms with van der Waals surface area (Å²) in [5.41, 5.74) is 1.91. The van der Waals surface area contributed by atoms with Gasteiger partial charge in [-0.1, -0.05) is 41.5 Å². The highest BCUT2D eigenvalue weighted by atomic mass is 32.1. The fourth-order valence-corrected chi connectivity index (χ4v) is 10.6. The van der Waals surface area contributed by atoms with E-state index in [0.717, 1.165) is 4.88 Å². The number of thiazole rings is 1. The van der Waals surface area contributed by atoms with Crippen LogP contribution in [0.15, 0.2) is 0 Å². The molecule has 1 aromatic rings. The Labute approximate surface area is 175 Å². The lowest BCUT2D eigenvalue weighted by molar-refractivity contribution is 0.0487. The zero-order chi connectivity index (χ0) is 21.5. The smallest absolute Gasteiger partial charge is 0.358 e. The molecular formula is C20H38N2O4SSi. The molecule has 0 saturated heterocycles. The summed E-state index contributed by atoms with van der Waals surface area (Å²) in [7, 11) is 1.52. The van der Waals surface area contributed by atoms with Crippen molar-refractivity contribution in [2.24, 2.45) is 0 Å². The summed E-state index contributed by atoms with van der Waals surface area (Å²) >= 11 is 1.46. The fraction of sp³-hybridized carbons (Fsp3) is 0.800. The highest BCUT2D eigenvalue weighted by Crippen LogP contribution is 2.42. The van der Waals surface area contributed by atoms with E-state index in [0.29, 0.717) is 47.1 Å². The van der Waals surface area contributed by atoms with Crippen LogP contribution in [0.3, 0.4) is 0 Å². The number of hydrogen-bond acceptors (Lipinski definition) is 7. The van der Waals surface area contributed by atoms with Crippen LogP contribution in [0.1, 0.15) is 63.8 Å². The number of aromatic nitrogens is 1. The molecule has 1 unspecified atom stereocenters. The Bertz CT molecular complexity index is 598. The molecule has 0 amide bonds. The maximum absolute atomic E-state index is 12.3. The van der Waals surface area contributed by atoms with E-state index in [1.165, 1.54) is 11.3 Å². The third kappa shape index (κ3) is 5.78. The molecule has 1 aromatic heterocycles. The van der Waals surface area contributed by atoms with Crippen LogP contribution in [0.4, 0.5) is 5.13 Å². The average Bonchev–Trinajstić information content (AvgIpc) is 3.03. The molecular weight excluding hydrogens is 392 g/mol. The largest absolute Gasteiger partial charge is 0.461 e. The van der Waals surface area contributed by atoms with Crippen LogP contribution in [0.25, 0.3) is 0 Å². The van der Waals surface area contributed by atoms with Crippen LogP contribution >= 0.6 is 11.3 Å². The van der Waals surface area contributed by atoms with Gasteiger partial charge in [-0.15, -0.1) is 11.3 Å². The molecule has 1 heterocycles. The van der Waals surface area contributed by atoms with Crippen LogP contribution < -0.4 is 5.32 Å². The van der Waals surface area contributed by atoms with Gasteiger partial charge in [-0.3, -0.25) is 0 Å². The Balaban J connectivity index is 3.01. The van der Waals surface area contributed by atoms with Crippen molar-refractivity contribution in [1.82, 2.24) is 4.98 Å². The molecule has 1 rings (SSSR count). The minimum absolute atomic E-state index is 0.138. The van der Waals surface area contributed by atoms with E-state index in [-0.39, 0.29) is 12.1 Å². The van der Waals surface area contributed by atoms with Crippen molar-refractivity contribution in [1.29, 1.82) is 0 Å². The number of esters is 1. The first-order chi connectivity index (χ1) is 13.1. The van der Waals surface area contributed by atoms with Gasteiger partial charge in [0.25, 0.3) is 0 Å². The van der Waals surface area contributed by atoms with Crippen molar-refractivity contribution in [3.8, 4) is 0 Å². The van der Waals surface area contributed by atoms with Crippen molar-refractivity contribution < 1.29 is 18.7 Å². The second-order valence-electron chi connectivity index (χ2n) is 7.95. The van der Waals surface area contributed by atoms with Gasteiger partial charge in [-0.25, -0.2) is 9.78 Å². The number of ether oxygens (including phenoxy) is 2. The molecule has 0 bridgehead atoms. The van der Waals surface area contributed by atoms with Crippen LogP contribution in [-0.2, 0) is 20.3 Å². The molecule has 0 aliphatic heterocycles. The van der Waals surface area contributed by atoms with E-state index in [4.69, 9.17) is 13.9 Å². The summed E-state index contributed by atoms with van der Waals surface area (Å²) < 4.78 is 17.6. The average molecular weight is 431 g/mol. The molecule has 0 fully saturated rings. The van der Waals surface area contributed by atoms with Gasteiger partial charge in [0.05, 0.1) is 19.3 Å². The van der Waals surface area contributed by atoms with Crippen LogP contribution in [0.5, 0.6) is 0 Å². The Hall–Kier alpha value is -0.963. The molecule has 0 radical (unpaired) electrons. The fourth-order valence-electron chi connectivity index (χ4n) is 4.11. The predicted octanol–water partition coefficient (Wildman–Crippen LogP) is 5.11. The minimum atomic E-state index is -1.97. The van der Waals surface area contributed by atoms with Gasteiger partial charge in [-0.05, 0) is 23.5 Å². The van der Waals surface area contributed by atoms with E-state index >= 15 is 0 Å². The Morgan fingerprint density at radius 3 is 2.14 bits per heavy atom. The number of methoxy groups -OCH3 is 1. The Kier molecular flexibility index (Phi) is 10.1. The molecule has 1 N–H and O–H groups in total. The number of rotatable bonds is 12. The minimum Gasteiger partial charge on any atom is -0.461 e. The first kappa shape index (κ1) is 25.1. The standard InChI is InChI=1S/C20H38N2O4SSi/c1-10-25-19(23)18-17(27-20(21-8)22-18)11-16(24-9)12-26-28(13(2)3,14(4)5)15(6)7/h13-16H,10-12H2,1-9H3,(H,21,22). The van der Waals surface area contributed by atoms with Gasteiger partial charge in [0.15, 0.2) is 19.1 Å². The molecule has 6 nitrogen and oxygen atoms in total. The van der Waals surface area contributed by atoms with Gasteiger partial charge in [0.1, 0.15) is 0 Å². The summed E-state index contributed by atoms with van der Waals surface area (Å²) in [5, 5.41) is 3.71. The molecule has 1 atom stereocenters. The van der Waals surface area contributed by atoms with E-state index in [1.807, 2.05) is 0 Å². The second-order valence-corrected chi connectivity index (χ2v) is 14.5.